The average molecular weight is 624 g/mol. The first kappa shape index (κ1) is 32.4. The maximum Gasteiger partial charge on any atom is 0.264 e. The van der Waals surface area contributed by atoms with Crippen molar-refractivity contribution >= 4 is 39.3 Å². The lowest BCUT2D eigenvalue weighted by Gasteiger charge is -2.34. The van der Waals surface area contributed by atoms with Crippen LogP contribution in [-0.2, 0) is 26.2 Å². The van der Waals surface area contributed by atoms with Crippen LogP contribution in [0.25, 0.3) is 0 Å². The molecule has 1 aliphatic rings. The lowest BCUT2D eigenvalue weighted by atomic mass is 10.1. The number of carbonyl (C=O) groups excluding carboxylic acids is 2. The van der Waals surface area contributed by atoms with Crippen LogP contribution in [0.15, 0.2) is 82.6 Å². The quantitative estimate of drug-likeness (QED) is 0.242. The number of amides is 2. The summed E-state index contributed by atoms with van der Waals surface area (Å²) in [7, 11) is -2.55. The fourth-order valence-electron chi connectivity index (χ4n) is 5.37. The number of ether oxygens (including phenoxy) is 1. The molecule has 4 rings (SSSR count). The van der Waals surface area contributed by atoms with E-state index in [4.69, 9.17) is 4.74 Å². The zero-order chi connectivity index (χ0) is 31.0. The number of anilines is 1. The van der Waals surface area contributed by atoms with Crippen molar-refractivity contribution in [2.75, 3.05) is 24.2 Å². The van der Waals surface area contributed by atoms with Crippen LogP contribution in [0.4, 0.5) is 5.69 Å². The van der Waals surface area contributed by atoms with Gasteiger partial charge in [0.15, 0.2) is 0 Å². The second kappa shape index (κ2) is 14.8. The highest BCUT2D eigenvalue weighted by atomic mass is 32.2. The number of methoxy groups -OCH3 is 1. The molecule has 1 aliphatic carbocycles. The third kappa shape index (κ3) is 8.12. The van der Waals surface area contributed by atoms with Crippen molar-refractivity contribution in [1.29, 1.82) is 0 Å². The maximum absolute atomic E-state index is 14.3. The highest BCUT2D eigenvalue weighted by molar-refractivity contribution is 7.98. The van der Waals surface area contributed by atoms with E-state index in [-0.39, 0.29) is 23.4 Å². The van der Waals surface area contributed by atoms with Crippen molar-refractivity contribution in [3.05, 3.63) is 83.9 Å². The van der Waals surface area contributed by atoms with Crippen LogP contribution in [0.2, 0.25) is 0 Å². The van der Waals surface area contributed by atoms with E-state index in [9.17, 15) is 18.0 Å². The fourth-order valence-corrected chi connectivity index (χ4v) is 7.19. The van der Waals surface area contributed by atoms with Gasteiger partial charge in [0.25, 0.3) is 10.0 Å². The SMILES string of the molecule is CC[C@H](C(=O)NC1CCCC1)N(Cc1cccc(OC)c1)C(=O)CN(c1ccc(C)cc1)S(=O)(=O)c1ccc(SC)cc1. The van der Waals surface area contributed by atoms with Gasteiger partial charge < -0.3 is 15.0 Å². The number of aryl methyl sites for hydroxylation is 1. The molecule has 1 fully saturated rings. The summed E-state index contributed by atoms with van der Waals surface area (Å²) in [6.07, 6.45) is 6.26. The van der Waals surface area contributed by atoms with E-state index >= 15 is 0 Å². The smallest absolute Gasteiger partial charge is 0.264 e. The number of sulfonamides is 1. The minimum Gasteiger partial charge on any atom is -0.497 e. The van der Waals surface area contributed by atoms with E-state index in [2.05, 4.69) is 5.32 Å². The Labute approximate surface area is 259 Å². The standard InChI is InChI=1S/C33H41N3O5S2/c1-5-31(33(38)34-26-10-6-7-11-26)35(22-25-9-8-12-28(21-25)41-3)32(37)23-36(27-15-13-24(2)14-16-27)43(39,40)30-19-17-29(42-4)18-20-30/h8-9,12-21,26,31H,5-7,10-11,22-23H2,1-4H3,(H,34,38)/t31-/m1/s1. The number of thioether (sulfide) groups is 1. The third-order valence-electron chi connectivity index (χ3n) is 7.82. The molecule has 3 aromatic carbocycles. The molecule has 0 spiro atoms. The average Bonchev–Trinajstić information content (AvgIpc) is 3.53. The molecule has 0 saturated heterocycles. The van der Waals surface area contributed by atoms with Crippen molar-refractivity contribution in [2.24, 2.45) is 0 Å². The molecular weight excluding hydrogens is 583 g/mol. The summed E-state index contributed by atoms with van der Waals surface area (Å²) in [6, 6.07) is 20.3. The summed E-state index contributed by atoms with van der Waals surface area (Å²) in [5, 5.41) is 3.14. The molecule has 3 aromatic rings. The maximum atomic E-state index is 14.3. The first-order chi connectivity index (χ1) is 20.7. The van der Waals surface area contributed by atoms with Gasteiger partial charge in [-0.2, -0.15) is 0 Å². The lowest BCUT2D eigenvalue weighted by molar-refractivity contribution is -0.140. The van der Waals surface area contributed by atoms with E-state index in [0.29, 0.717) is 17.9 Å². The van der Waals surface area contributed by atoms with Crippen LogP contribution in [0.1, 0.15) is 50.2 Å². The van der Waals surface area contributed by atoms with E-state index in [1.165, 1.54) is 16.7 Å². The predicted octanol–water partition coefficient (Wildman–Crippen LogP) is 5.79. The highest BCUT2D eigenvalue weighted by Crippen LogP contribution is 2.27. The molecule has 0 aromatic heterocycles. The van der Waals surface area contributed by atoms with Crippen molar-refractivity contribution in [3.8, 4) is 5.75 Å². The highest BCUT2D eigenvalue weighted by Gasteiger charge is 2.34. The summed E-state index contributed by atoms with van der Waals surface area (Å²) in [4.78, 5) is 30.4. The zero-order valence-corrected chi connectivity index (χ0v) is 26.9. The normalized spacial score (nSPS) is 14.2. The first-order valence-electron chi connectivity index (χ1n) is 14.6. The number of nitrogens with zero attached hydrogens (tertiary/aromatic N) is 2. The summed E-state index contributed by atoms with van der Waals surface area (Å²) in [5.74, 6) is -0.0601. The van der Waals surface area contributed by atoms with Gasteiger partial charge in [0.05, 0.1) is 17.7 Å². The van der Waals surface area contributed by atoms with Crippen LogP contribution in [0.3, 0.4) is 0 Å². The summed E-state index contributed by atoms with van der Waals surface area (Å²) in [5.41, 5.74) is 2.11. The van der Waals surface area contributed by atoms with Gasteiger partial charge in [0.2, 0.25) is 11.8 Å². The van der Waals surface area contributed by atoms with E-state index in [0.717, 1.165) is 46.0 Å². The number of nitrogens with one attached hydrogen (secondary N) is 1. The van der Waals surface area contributed by atoms with Gasteiger partial charge in [-0.25, -0.2) is 8.42 Å². The summed E-state index contributed by atoms with van der Waals surface area (Å²) in [6.45, 7) is 3.44. The molecule has 0 radical (unpaired) electrons. The van der Waals surface area contributed by atoms with Crippen molar-refractivity contribution < 1.29 is 22.7 Å². The topological polar surface area (TPSA) is 96.0 Å². The fraction of sp³-hybridized carbons (Fsp3) is 0.394. The van der Waals surface area contributed by atoms with Gasteiger partial charge in [-0.3, -0.25) is 13.9 Å². The molecule has 2 amide bonds. The predicted molar refractivity (Wildman–Crippen MR) is 172 cm³/mol. The van der Waals surface area contributed by atoms with Crippen molar-refractivity contribution in [1.82, 2.24) is 10.2 Å². The molecule has 1 saturated carbocycles. The van der Waals surface area contributed by atoms with Gasteiger partial charge in [-0.05, 0) is 86.5 Å². The second-order valence-electron chi connectivity index (χ2n) is 10.8. The Morgan fingerprint density at radius 2 is 1.70 bits per heavy atom. The Morgan fingerprint density at radius 3 is 2.30 bits per heavy atom. The Kier molecular flexibility index (Phi) is 11.2. The Morgan fingerprint density at radius 1 is 1.02 bits per heavy atom. The van der Waals surface area contributed by atoms with Crippen molar-refractivity contribution in [3.63, 3.8) is 0 Å². The molecule has 230 valence electrons. The van der Waals surface area contributed by atoms with Crippen LogP contribution < -0.4 is 14.4 Å². The van der Waals surface area contributed by atoms with Crippen molar-refractivity contribution in [2.45, 2.75) is 74.4 Å². The molecule has 0 bridgehead atoms. The van der Waals surface area contributed by atoms with Crippen LogP contribution in [0, 0.1) is 6.92 Å². The number of hydrogen-bond acceptors (Lipinski definition) is 6. The molecule has 1 N–H and O–H groups in total. The van der Waals surface area contributed by atoms with Gasteiger partial charge >= 0.3 is 0 Å². The van der Waals surface area contributed by atoms with E-state index in [1.807, 2.05) is 56.5 Å². The minimum absolute atomic E-state index is 0.0870. The van der Waals surface area contributed by atoms with E-state index in [1.54, 1.807) is 43.5 Å². The van der Waals surface area contributed by atoms with Gasteiger partial charge in [-0.1, -0.05) is 49.6 Å². The van der Waals surface area contributed by atoms with Crippen LogP contribution in [0.5, 0.6) is 5.75 Å². The Balaban J connectivity index is 1.71. The molecule has 0 unspecified atom stereocenters. The van der Waals surface area contributed by atoms with Crippen LogP contribution >= 0.6 is 11.8 Å². The number of rotatable bonds is 13. The zero-order valence-electron chi connectivity index (χ0n) is 25.3. The Bertz CT molecular complexity index is 1490. The van der Waals surface area contributed by atoms with Gasteiger partial charge in [0.1, 0.15) is 18.3 Å². The van der Waals surface area contributed by atoms with E-state index < -0.39 is 28.5 Å². The largest absolute Gasteiger partial charge is 0.497 e. The molecule has 43 heavy (non-hydrogen) atoms. The molecule has 1 atom stereocenters. The third-order valence-corrected chi connectivity index (χ3v) is 10.4. The minimum atomic E-state index is -4.12. The Hall–Kier alpha value is -3.50. The lowest BCUT2D eigenvalue weighted by Crippen LogP contribution is -2.53. The van der Waals surface area contributed by atoms with Gasteiger partial charge in [-0.15, -0.1) is 11.8 Å². The monoisotopic (exact) mass is 623 g/mol. The molecule has 10 heteroatoms. The molecule has 8 nitrogen and oxygen atoms in total. The second-order valence-corrected chi connectivity index (χ2v) is 13.6. The molecular formula is C33H41N3O5S2. The molecule has 0 aliphatic heterocycles. The summed E-state index contributed by atoms with van der Waals surface area (Å²) >= 11 is 1.52. The molecule has 0 heterocycles. The number of carbonyl (C=O) groups is 2. The first-order valence-corrected chi connectivity index (χ1v) is 17.3. The number of benzene rings is 3. The number of hydrogen-bond donors (Lipinski definition) is 1. The van der Waals surface area contributed by atoms with Gasteiger partial charge in [0, 0.05) is 17.5 Å². The summed E-state index contributed by atoms with van der Waals surface area (Å²) < 4.78 is 34.7. The van der Waals surface area contributed by atoms with Crippen LogP contribution in [-0.4, -0.2) is 57.1 Å².